The lowest BCUT2D eigenvalue weighted by Crippen LogP contribution is -2.41. The van der Waals surface area contributed by atoms with Gasteiger partial charge in [0.2, 0.25) is 0 Å². The van der Waals surface area contributed by atoms with Gasteiger partial charge in [-0.15, -0.1) is 12.4 Å². The summed E-state index contributed by atoms with van der Waals surface area (Å²) in [5, 5.41) is 19.2. The summed E-state index contributed by atoms with van der Waals surface area (Å²) in [5.41, 5.74) is 2.84. The Morgan fingerprint density at radius 3 is 2.83 bits per heavy atom. The zero-order chi connectivity index (χ0) is 20.0. The maximum absolute atomic E-state index is 9.52. The van der Waals surface area contributed by atoms with Crippen LogP contribution in [0.4, 0.5) is 5.13 Å². The van der Waals surface area contributed by atoms with Gasteiger partial charge in [0.25, 0.3) is 0 Å². The average molecular weight is 441 g/mol. The molecule has 4 heterocycles. The van der Waals surface area contributed by atoms with Crippen molar-refractivity contribution >= 4 is 50.1 Å². The van der Waals surface area contributed by atoms with Gasteiger partial charge >= 0.3 is 0 Å². The van der Waals surface area contributed by atoms with Gasteiger partial charge < -0.3 is 10.2 Å². The number of rotatable bonds is 3. The molecule has 0 spiro atoms. The van der Waals surface area contributed by atoms with Crippen LogP contribution in [0, 0.1) is 11.3 Å². The van der Waals surface area contributed by atoms with E-state index in [1.54, 1.807) is 28.3 Å². The van der Waals surface area contributed by atoms with E-state index in [0.29, 0.717) is 22.9 Å². The van der Waals surface area contributed by atoms with Crippen molar-refractivity contribution in [3.8, 4) is 17.5 Å². The van der Waals surface area contributed by atoms with E-state index in [0.717, 1.165) is 52.4 Å². The number of nitrogens with zero attached hydrogens (tertiary/aromatic N) is 7. The van der Waals surface area contributed by atoms with Gasteiger partial charge in [-0.05, 0) is 38.1 Å². The van der Waals surface area contributed by atoms with Gasteiger partial charge in [-0.25, -0.2) is 15.0 Å². The van der Waals surface area contributed by atoms with Gasteiger partial charge in [-0.2, -0.15) is 10.4 Å². The third kappa shape index (κ3) is 3.58. The first-order valence-corrected chi connectivity index (χ1v) is 10.4. The second kappa shape index (κ2) is 8.14. The Labute approximate surface area is 184 Å². The van der Waals surface area contributed by atoms with E-state index >= 15 is 0 Å². The van der Waals surface area contributed by atoms with Crippen molar-refractivity contribution in [1.82, 2.24) is 30.0 Å². The van der Waals surface area contributed by atoms with Gasteiger partial charge in [-0.3, -0.25) is 4.68 Å². The van der Waals surface area contributed by atoms with Crippen LogP contribution >= 0.6 is 23.7 Å². The molecule has 30 heavy (non-hydrogen) atoms. The highest BCUT2D eigenvalue weighted by Gasteiger charge is 2.21. The number of hydrogen-bond donors (Lipinski definition) is 1. The van der Waals surface area contributed by atoms with Crippen LogP contribution in [-0.4, -0.2) is 50.9 Å². The fraction of sp³-hybridized carbons (Fsp3) is 0.350. The van der Waals surface area contributed by atoms with Gasteiger partial charge in [-0.1, -0.05) is 11.3 Å². The number of benzene rings is 1. The van der Waals surface area contributed by atoms with Crippen LogP contribution < -0.4 is 10.2 Å². The van der Waals surface area contributed by atoms with E-state index in [9.17, 15) is 5.26 Å². The molecule has 0 radical (unpaired) electrons. The number of nitriles is 1. The molecule has 154 valence electrons. The van der Waals surface area contributed by atoms with Crippen LogP contribution in [-0.2, 0) is 7.05 Å². The second-order valence-corrected chi connectivity index (χ2v) is 8.30. The number of halogens is 1. The fourth-order valence-corrected chi connectivity index (χ4v) is 4.78. The molecule has 1 fully saturated rings. The zero-order valence-electron chi connectivity index (χ0n) is 16.7. The number of anilines is 1. The molecule has 1 saturated heterocycles. The summed E-state index contributed by atoms with van der Waals surface area (Å²) >= 11 is 1.59. The number of piperidine rings is 1. The summed E-state index contributed by atoms with van der Waals surface area (Å²) in [6, 6.07) is 6.51. The topological polar surface area (TPSA) is 95.5 Å². The molecule has 10 heteroatoms. The Balaban J connectivity index is 0.00000218. The van der Waals surface area contributed by atoms with Crippen molar-refractivity contribution < 1.29 is 0 Å². The summed E-state index contributed by atoms with van der Waals surface area (Å²) in [6.07, 6.45) is 5.90. The van der Waals surface area contributed by atoms with Crippen molar-refractivity contribution in [3.63, 3.8) is 0 Å². The summed E-state index contributed by atoms with van der Waals surface area (Å²) in [6.45, 7) is 2.09. The third-order valence-electron chi connectivity index (χ3n) is 5.40. The first-order valence-electron chi connectivity index (χ1n) is 9.57. The normalized spacial score (nSPS) is 14.6. The number of nitrogens with one attached hydrogen (secondary N) is 1. The Morgan fingerprint density at radius 2 is 2.07 bits per heavy atom. The monoisotopic (exact) mass is 440 g/mol. The molecule has 0 saturated carbocycles. The number of thiazole rings is 1. The molecule has 3 aromatic heterocycles. The standard InChI is InChI=1S/C20H20N8S.ClH/c1-27-11-14-8-12(7-13(9-21)17(14)26-27)18-23-10-16-19(25-18)29-20(24-16)28(2)15-3-5-22-6-4-15;/h7-8,10-11,15,22H,3-6H2,1-2H3;1H. The van der Waals surface area contributed by atoms with Gasteiger partial charge in [0, 0.05) is 37.3 Å². The summed E-state index contributed by atoms with van der Waals surface area (Å²) < 4.78 is 1.71. The highest BCUT2D eigenvalue weighted by atomic mass is 35.5. The first-order chi connectivity index (χ1) is 14.1. The van der Waals surface area contributed by atoms with E-state index in [4.69, 9.17) is 9.97 Å². The van der Waals surface area contributed by atoms with E-state index in [-0.39, 0.29) is 12.4 Å². The quantitative estimate of drug-likeness (QED) is 0.522. The van der Waals surface area contributed by atoms with E-state index in [1.807, 2.05) is 19.3 Å². The Kier molecular flexibility index (Phi) is 5.56. The molecule has 1 aromatic carbocycles. The summed E-state index contributed by atoms with van der Waals surface area (Å²) in [4.78, 5) is 17.1. The van der Waals surface area contributed by atoms with Crippen LogP contribution in [0.3, 0.4) is 0 Å². The minimum atomic E-state index is 0. The highest BCUT2D eigenvalue weighted by molar-refractivity contribution is 7.21. The summed E-state index contributed by atoms with van der Waals surface area (Å²) in [5.74, 6) is 0.597. The lowest BCUT2D eigenvalue weighted by Gasteiger charge is -2.31. The molecule has 4 aromatic rings. The fourth-order valence-electron chi connectivity index (χ4n) is 3.83. The molecule has 1 N–H and O–H groups in total. The molecule has 0 bridgehead atoms. The van der Waals surface area contributed by atoms with E-state index in [2.05, 4.69) is 33.4 Å². The minimum Gasteiger partial charge on any atom is -0.348 e. The van der Waals surface area contributed by atoms with Crippen molar-refractivity contribution in [2.75, 3.05) is 25.0 Å². The van der Waals surface area contributed by atoms with E-state index in [1.165, 1.54) is 0 Å². The van der Waals surface area contributed by atoms with Crippen LogP contribution in [0.2, 0.25) is 0 Å². The number of hydrogen-bond acceptors (Lipinski definition) is 8. The molecule has 0 amide bonds. The van der Waals surface area contributed by atoms with Crippen LogP contribution in [0.1, 0.15) is 18.4 Å². The van der Waals surface area contributed by atoms with Crippen LogP contribution in [0.15, 0.2) is 24.5 Å². The van der Waals surface area contributed by atoms with Crippen molar-refractivity contribution in [3.05, 3.63) is 30.1 Å². The molecule has 5 rings (SSSR count). The largest absolute Gasteiger partial charge is 0.348 e. The molecule has 1 aliphatic rings. The maximum Gasteiger partial charge on any atom is 0.187 e. The number of aromatic nitrogens is 5. The molecule has 0 atom stereocenters. The van der Waals surface area contributed by atoms with Crippen LogP contribution in [0.25, 0.3) is 32.6 Å². The average Bonchev–Trinajstić information content (AvgIpc) is 3.34. The number of fused-ring (bicyclic) bond motifs is 2. The maximum atomic E-state index is 9.52. The minimum absolute atomic E-state index is 0. The lowest BCUT2D eigenvalue weighted by molar-refractivity contribution is 0.443. The molecule has 0 aliphatic carbocycles. The smallest absolute Gasteiger partial charge is 0.187 e. The van der Waals surface area contributed by atoms with Crippen molar-refractivity contribution in [1.29, 1.82) is 5.26 Å². The Hall–Kier alpha value is -2.80. The van der Waals surface area contributed by atoms with Crippen molar-refractivity contribution in [2.45, 2.75) is 18.9 Å². The van der Waals surface area contributed by atoms with Crippen LogP contribution in [0.5, 0.6) is 0 Å². The predicted octanol–water partition coefficient (Wildman–Crippen LogP) is 3.12. The Morgan fingerprint density at radius 1 is 1.27 bits per heavy atom. The van der Waals surface area contributed by atoms with Gasteiger partial charge in [0.1, 0.15) is 21.9 Å². The van der Waals surface area contributed by atoms with Gasteiger partial charge in [0.15, 0.2) is 11.0 Å². The molecule has 0 unspecified atom stereocenters. The second-order valence-electron chi connectivity index (χ2n) is 7.35. The molecular weight excluding hydrogens is 420 g/mol. The lowest BCUT2D eigenvalue weighted by atomic mass is 10.1. The molecule has 1 aliphatic heterocycles. The van der Waals surface area contributed by atoms with Crippen molar-refractivity contribution in [2.24, 2.45) is 7.05 Å². The summed E-state index contributed by atoms with van der Waals surface area (Å²) in [7, 11) is 3.96. The van der Waals surface area contributed by atoms with E-state index < -0.39 is 0 Å². The molecule has 8 nitrogen and oxygen atoms in total. The predicted molar refractivity (Wildman–Crippen MR) is 121 cm³/mol. The first kappa shape index (κ1) is 20.5. The van der Waals surface area contributed by atoms with Gasteiger partial charge in [0.05, 0.1) is 11.8 Å². The third-order valence-corrected chi connectivity index (χ3v) is 6.46. The zero-order valence-corrected chi connectivity index (χ0v) is 18.3. The number of aryl methyl sites for hydroxylation is 1. The molecular formula is C20H21ClN8S. The highest BCUT2D eigenvalue weighted by Crippen LogP contribution is 2.31. The SMILES string of the molecule is CN(c1nc2cnc(-c3cc(C#N)c4nn(C)cc4c3)nc2s1)C1CCNCC1.Cl. The Bertz CT molecular complexity index is 1250.